The van der Waals surface area contributed by atoms with Crippen molar-refractivity contribution < 1.29 is 18.3 Å². The Morgan fingerprint density at radius 1 is 1.29 bits per heavy atom. The van der Waals surface area contributed by atoms with Gasteiger partial charge in [0.1, 0.15) is 5.75 Å². The molecule has 0 saturated carbocycles. The number of hydrogen-bond donors (Lipinski definition) is 1. The van der Waals surface area contributed by atoms with Crippen molar-refractivity contribution in [3.63, 3.8) is 0 Å². The molecule has 0 unspecified atom stereocenters. The highest BCUT2D eigenvalue weighted by Crippen LogP contribution is 2.24. The topological polar surface area (TPSA) is 41.6 Å². The molecule has 0 radical (unpaired) electrons. The van der Waals surface area contributed by atoms with Crippen molar-refractivity contribution in [2.45, 2.75) is 38.8 Å². The molecule has 8 heteroatoms. The van der Waals surface area contributed by atoms with E-state index >= 15 is 0 Å². The minimum atomic E-state index is -2.87. The van der Waals surface area contributed by atoms with Crippen molar-refractivity contribution in [3.8, 4) is 5.75 Å². The smallest absolute Gasteiger partial charge is 0.387 e. The van der Waals surface area contributed by atoms with Crippen LogP contribution in [-0.2, 0) is 11.3 Å². The van der Waals surface area contributed by atoms with Gasteiger partial charge in [0.15, 0.2) is 0 Å². The van der Waals surface area contributed by atoms with Crippen LogP contribution in [0.3, 0.4) is 0 Å². The lowest BCUT2D eigenvalue weighted by atomic mass is 10.2. The molecular weight excluding hydrogens is 361 g/mol. The lowest BCUT2D eigenvalue weighted by Crippen LogP contribution is -2.36. The van der Waals surface area contributed by atoms with E-state index in [-0.39, 0.29) is 24.1 Å². The first-order valence-electron chi connectivity index (χ1n) is 7.78. The summed E-state index contributed by atoms with van der Waals surface area (Å²) in [6, 6.07) is 4.55. The molecule has 1 aromatic carbocycles. The second kappa shape index (κ2) is 10.7. The average Bonchev–Trinajstić information content (AvgIpc) is 2.70. The fourth-order valence-electron chi connectivity index (χ4n) is 2.61. The molecule has 1 aliphatic rings. The normalized spacial score (nSPS) is 15.2. The number of carbonyl (C=O) groups is 1. The summed E-state index contributed by atoms with van der Waals surface area (Å²) in [5.74, 6) is 0.302. The lowest BCUT2D eigenvalue weighted by Gasteiger charge is -2.20. The molecule has 0 bridgehead atoms. The zero-order valence-corrected chi connectivity index (χ0v) is 14.8. The van der Waals surface area contributed by atoms with Gasteiger partial charge in [-0.05, 0) is 31.0 Å². The summed E-state index contributed by atoms with van der Waals surface area (Å²) in [6.45, 7) is -0.525. The number of ether oxygens (including phenoxy) is 1. The number of halogens is 4. The predicted molar refractivity (Wildman–Crippen MR) is 92.1 cm³/mol. The minimum Gasteiger partial charge on any atom is -0.434 e. The molecule has 1 heterocycles. The largest absolute Gasteiger partial charge is 0.434 e. The van der Waals surface area contributed by atoms with E-state index in [1.165, 1.54) is 12.1 Å². The fraction of sp³-hybridized carbons (Fsp3) is 0.562. The van der Waals surface area contributed by atoms with Crippen LogP contribution >= 0.6 is 24.0 Å². The molecule has 0 aromatic heterocycles. The number of alkyl halides is 2. The van der Waals surface area contributed by atoms with E-state index in [1.807, 2.05) is 4.90 Å². The van der Waals surface area contributed by atoms with Gasteiger partial charge in [-0.15, -0.1) is 12.4 Å². The Morgan fingerprint density at radius 2 is 2.08 bits per heavy atom. The number of hydrogen-bond acceptors (Lipinski definition) is 3. The quantitative estimate of drug-likeness (QED) is 0.728. The third kappa shape index (κ3) is 6.79. The number of carbonyl (C=O) groups excluding carboxylic acids is 1. The van der Waals surface area contributed by atoms with Crippen molar-refractivity contribution in [3.05, 3.63) is 28.8 Å². The van der Waals surface area contributed by atoms with Gasteiger partial charge in [-0.2, -0.15) is 8.78 Å². The molecule has 1 N–H and O–H groups in total. The number of benzene rings is 1. The van der Waals surface area contributed by atoms with Crippen molar-refractivity contribution in [1.82, 2.24) is 10.2 Å². The average molecular weight is 383 g/mol. The Labute approximate surface area is 151 Å². The number of nitrogens with zero attached hydrogens (tertiary/aromatic N) is 1. The molecule has 2 rings (SSSR count). The maximum atomic E-state index is 12.4. The number of amides is 1. The Bertz CT molecular complexity index is 533. The Hall–Kier alpha value is -1.11. The van der Waals surface area contributed by atoms with Gasteiger partial charge in [0.05, 0.1) is 0 Å². The first kappa shape index (κ1) is 20.9. The van der Waals surface area contributed by atoms with Crippen LogP contribution in [0.5, 0.6) is 5.75 Å². The summed E-state index contributed by atoms with van der Waals surface area (Å²) in [5.41, 5.74) is 0.569. The standard InChI is InChI=1S/C16H21ClF2N2O2.ClH/c17-13-5-6-14(23-16(18)19)12(10-13)11-20-7-9-21-8-3-1-2-4-15(21)22;/h5-6,10,16,20H,1-4,7-9,11H2;1H. The van der Waals surface area contributed by atoms with Crippen LogP contribution in [0.2, 0.25) is 5.02 Å². The Morgan fingerprint density at radius 3 is 2.83 bits per heavy atom. The molecule has 0 aliphatic carbocycles. The Kier molecular flexibility index (Phi) is 9.33. The molecule has 1 aliphatic heterocycles. The van der Waals surface area contributed by atoms with Crippen molar-refractivity contribution in [2.24, 2.45) is 0 Å². The van der Waals surface area contributed by atoms with Gasteiger partial charge in [-0.1, -0.05) is 18.0 Å². The molecular formula is C16H22Cl2F2N2O2. The van der Waals surface area contributed by atoms with Gasteiger partial charge in [0, 0.05) is 43.2 Å². The maximum Gasteiger partial charge on any atom is 0.387 e. The van der Waals surface area contributed by atoms with Crippen LogP contribution < -0.4 is 10.1 Å². The lowest BCUT2D eigenvalue weighted by molar-refractivity contribution is -0.130. The highest BCUT2D eigenvalue weighted by Gasteiger charge is 2.16. The summed E-state index contributed by atoms with van der Waals surface area (Å²) >= 11 is 5.90. The van der Waals surface area contributed by atoms with Gasteiger partial charge >= 0.3 is 6.61 Å². The van der Waals surface area contributed by atoms with E-state index < -0.39 is 6.61 Å². The van der Waals surface area contributed by atoms with Crippen molar-refractivity contribution in [1.29, 1.82) is 0 Å². The highest BCUT2D eigenvalue weighted by atomic mass is 35.5. The molecule has 1 fully saturated rings. The molecule has 0 spiro atoms. The first-order valence-corrected chi connectivity index (χ1v) is 8.16. The van der Waals surface area contributed by atoms with E-state index in [4.69, 9.17) is 11.6 Å². The molecule has 24 heavy (non-hydrogen) atoms. The predicted octanol–water partition coefficient (Wildman–Crippen LogP) is 3.86. The summed E-state index contributed by atoms with van der Waals surface area (Å²) in [6.07, 6.45) is 3.69. The van der Waals surface area contributed by atoms with Crippen LogP contribution in [0.1, 0.15) is 31.2 Å². The van der Waals surface area contributed by atoms with Gasteiger partial charge in [-0.25, -0.2) is 0 Å². The third-order valence-corrected chi connectivity index (χ3v) is 4.02. The van der Waals surface area contributed by atoms with Gasteiger partial charge in [0.25, 0.3) is 0 Å². The summed E-state index contributed by atoms with van der Waals surface area (Å²) in [7, 11) is 0. The van der Waals surface area contributed by atoms with Crippen molar-refractivity contribution >= 4 is 29.9 Å². The summed E-state index contributed by atoms with van der Waals surface area (Å²) in [5, 5.41) is 3.62. The minimum absolute atomic E-state index is 0. The molecule has 136 valence electrons. The second-order valence-corrected chi connectivity index (χ2v) is 5.94. The van der Waals surface area contributed by atoms with E-state index in [9.17, 15) is 13.6 Å². The van der Waals surface area contributed by atoms with Crippen molar-refractivity contribution in [2.75, 3.05) is 19.6 Å². The van der Waals surface area contributed by atoms with Crippen LogP contribution in [0.15, 0.2) is 18.2 Å². The molecule has 4 nitrogen and oxygen atoms in total. The Balaban J connectivity index is 0.00000288. The maximum absolute atomic E-state index is 12.4. The molecule has 1 amide bonds. The van der Waals surface area contributed by atoms with E-state index in [1.54, 1.807) is 6.07 Å². The summed E-state index contributed by atoms with van der Waals surface area (Å²) < 4.78 is 29.3. The first-order chi connectivity index (χ1) is 11.1. The van der Waals surface area contributed by atoms with Gasteiger partial charge < -0.3 is 15.0 Å². The third-order valence-electron chi connectivity index (χ3n) is 3.78. The highest BCUT2D eigenvalue weighted by molar-refractivity contribution is 6.30. The van der Waals surface area contributed by atoms with E-state index in [0.717, 1.165) is 25.8 Å². The number of rotatable bonds is 7. The van der Waals surface area contributed by atoms with Crippen LogP contribution in [0.4, 0.5) is 8.78 Å². The van der Waals surface area contributed by atoms with Crippen LogP contribution in [-0.4, -0.2) is 37.1 Å². The molecule has 1 aromatic rings. The van der Waals surface area contributed by atoms with Crippen LogP contribution in [0, 0.1) is 0 Å². The summed E-state index contributed by atoms with van der Waals surface area (Å²) in [4.78, 5) is 13.7. The zero-order chi connectivity index (χ0) is 16.7. The zero-order valence-electron chi connectivity index (χ0n) is 13.3. The fourth-order valence-corrected chi connectivity index (χ4v) is 2.80. The SMILES string of the molecule is Cl.O=C1CCCCCN1CCNCc1cc(Cl)ccc1OC(F)F. The number of likely N-dealkylation sites (tertiary alicyclic amines) is 1. The van der Waals surface area contributed by atoms with E-state index in [0.29, 0.717) is 36.6 Å². The van der Waals surface area contributed by atoms with E-state index in [2.05, 4.69) is 10.1 Å². The molecule has 1 saturated heterocycles. The monoisotopic (exact) mass is 382 g/mol. The molecule has 0 atom stereocenters. The second-order valence-electron chi connectivity index (χ2n) is 5.50. The van der Waals surface area contributed by atoms with Gasteiger partial charge in [0.2, 0.25) is 5.91 Å². The van der Waals surface area contributed by atoms with Gasteiger partial charge in [-0.3, -0.25) is 4.79 Å². The van der Waals surface area contributed by atoms with Crippen LogP contribution in [0.25, 0.3) is 0 Å². The number of nitrogens with one attached hydrogen (secondary N) is 1.